The van der Waals surface area contributed by atoms with Gasteiger partial charge in [-0.2, -0.15) is 0 Å². The third-order valence-corrected chi connectivity index (χ3v) is 8.14. The topological polar surface area (TPSA) is 73.0 Å². The lowest BCUT2D eigenvalue weighted by Gasteiger charge is -2.41. The summed E-state index contributed by atoms with van der Waals surface area (Å²) in [6, 6.07) is 3.65. The zero-order valence-electron chi connectivity index (χ0n) is 20.7. The highest BCUT2D eigenvalue weighted by Gasteiger charge is 2.55. The molecule has 1 aromatic rings. The molecule has 2 unspecified atom stereocenters. The molecular formula is C26H36F2N4O3. The number of nitrogens with one attached hydrogen (secondary N) is 1. The molecule has 3 aliphatic rings. The summed E-state index contributed by atoms with van der Waals surface area (Å²) < 4.78 is 28.0. The van der Waals surface area contributed by atoms with Crippen molar-refractivity contribution in [1.82, 2.24) is 20.0 Å². The zero-order valence-corrected chi connectivity index (χ0v) is 20.7. The number of rotatable bonds is 8. The summed E-state index contributed by atoms with van der Waals surface area (Å²) in [6.07, 6.45) is 5.08. The largest absolute Gasteiger partial charge is 0.342 e. The van der Waals surface area contributed by atoms with E-state index in [0.29, 0.717) is 44.9 Å². The van der Waals surface area contributed by atoms with Crippen LogP contribution in [0.1, 0.15) is 57.4 Å². The molecule has 0 aromatic heterocycles. The van der Waals surface area contributed by atoms with Crippen LogP contribution in [0.3, 0.4) is 0 Å². The van der Waals surface area contributed by atoms with Crippen LogP contribution < -0.4 is 5.32 Å². The minimum atomic E-state index is -0.944. The van der Waals surface area contributed by atoms with Crippen molar-refractivity contribution >= 4 is 17.8 Å². The number of benzene rings is 1. The van der Waals surface area contributed by atoms with Crippen LogP contribution in [0.2, 0.25) is 0 Å². The minimum Gasteiger partial charge on any atom is -0.342 e. The van der Waals surface area contributed by atoms with Crippen molar-refractivity contribution in [3.8, 4) is 0 Å². The normalized spacial score (nSPS) is 26.0. The van der Waals surface area contributed by atoms with Gasteiger partial charge in [-0.25, -0.2) is 13.6 Å². The number of hydrogen-bond acceptors (Lipinski definition) is 4. The molecule has 3 heterocycles. The van der Waals surface area contributed by atoms with E-state index in [1.165, 1.54) is 11.0 Å². The van der Waals surface area contributed by atoms with Crippen molar-refractivity contribution < 1.29 is 23.2 Å². The Kier molecular flexibility index (Phi) is 7.73. The van der Waals surface area contributed by atoms with Crippen molar-refractivity contribution in [2.24, 2.45) is 5.92 Å². The van der Waals surface area contributed by atoms with Gasteiger partial charge in [0, 0.05) is 31.2 Å². The number of likely N-dealkylation sites (tertiary alicyclic amines) is 2. The van der Waals surface area contributed by atoms with Crippen molar-refractivity contribution in [1.29, 1.82) is 0 Å². The van der Waals surface area contributed by atoms with Crippen molar-refractivity contribution in [3.05, 3.63) is 35.4 Å². The van der Waals surface area contributed by atoms with Gasteiger partial charge in [-0.15, -0.1) is 0 Å². The second-order valence-corrected chi connectivity index (χ2v) is 10.2. The fraction of sp³-hybridized carbons (Fsp3) is 0.654. The number of amides is 4. The summed E-state index contributed by atoms with van der Waals surface area (Å²) in [5.41, 5.74) is -1.16. The Morgan fingerprint density at radius 2 is 1.80 bits per heavy atom. The van der Waals surface area contributed by atoms with E-state index in [2.05, 4.69) is 17.3 Å². The molecule has 3 aliphatic heterocycles. The number of halogens is 2. The maximum absolute atomic E-state index is 14.0. The molecule has 1 aromatic carbocycles. The summed E-state index contributed by atoms with van der Waals surface area (Å²) in [5, 5.41) is 3.04. The van der Waals surface area contributed by atoms with Gasteiger partial charge in [0.05, 0.1) is 6.42 Å². The highest BCUT2D eigenvalue weighted by Crippen LogP contribution is 2.37. The highest BCUT2D eigenvalue weighted by atomic mass is 19.1. The third-order valence-electron chi connectivity index (χ3n) is 8.14. The predicted molar refractivity (Wildman–Crippen MR) is 128 cm³/mol. The van der Waals surface area contributed by atoms with E-state index in [-0.39, 0.29) is 35.7 Å². The standard InChI is InChI=1S/C26H36F2N4O3/c1-3-12-26(24(34)32(25(35)29-26)16-11-19-6-5-13-30(19)2)18-9-14-31(15-10-18)23(33)17-20-21(27)7-4-8-22(20)28/h4,7-8,18-19H,3,5-6,9-17H2,1-2H3,(H,29,35). The number of piperidine rings is 1. The van der Waals surface area contributed by atoms with Gasteiger partial charge >= 0.3 is 6.03 Å². The molecule has 7 nitrogen and oxygen atoms in total. The van der Waals surface area contributed by atoms with Gasteiger partial charge < -0.3 is 15.1 Å². The molecule has 0 aliphatic carbocycles. The van der Waals surface area contributed by atoms with E-state index in [1.54, 1.807) is 4.90 Å². The quantitative estimate of drug-likeness (QED) is 0.568. The molecule has 0 bridgehead atoms. The third kappa shape index (κ3) is 5.06. The van der Waals surface area contributed by atoms with Crippen LogP contribution in [0.15, 0.2) is 18.2 Å². The van der Waals surface area contributed by atoms with E-state index < -0.39 is 17.2 Å². The maximum atomic E-state index is 14.0. The Bertz CT molecular complexity index is 946. The number of imide groups is 1. The van der Waals surface area contributed by atoms with Crippen LogP contribution in [0, 0.1) is 17.6 Å². The first-order valence-corrected chi connectivity index (χ1v) is 12.8. The van der Waals surface area contributed by atoms with Crippen molar-refractivity contribution in [2.45, 2.75) is 69.9 Å². The number of hydrogen-bond donors (Lipinski definition) is 1. The van der Waals surface area contributed by atoms with Gasteiger partial charge in [0.2, 0.25) is 5.91 Å². The Labute approximate surface area is 205 Å². The summed E-state index contributed by atoms with van der Waals surface area (Å²) in [4.78, 5) is 44.5. The molecule has 9 heteroatoms. The number of carbonyl (C=O) groups is 3. The maximum Gasteiger partial charge on any atom is 0.325 e. The fourth-order valence-electron chi connectivity index (χ4n) is 6.10. The van der Waals surface area contributed by atoms with Gasteiger partial charge in [-0.3, -0.25) is 14.5 Å². The Morgan fingerprint density at radius 3 is 2.40 bits per heavy atom. The molecule has 0 saturated carbocycles. The second kappa shape index (κ2) is 10.6. The van der Waals surface area contributed by atoms with E-state index in [1.807, 2.05) is 6.92 Å². The molecule has 3 saturated heterocycles. The van der Waals surface area contributed by atoms with Crippen LogP contribution in [-0.4, -0.2) is 77.4 Å². The van der Waals surface area contributed by atoms with E-state index in [0.717, 1.165) is 44.4 Å². The van der Waals surface area contributed by atoms with Gasteiger partial charge in [0.15, 0.2) is 0 Å². The van der Waals surface area contributed by atoms with Gasteiger partial charge in [-0.05, 0) is 70.2 Å². The van der Waals surface area contributed by atoms with Gasteiger partial charge in [0.1, 0.15) is 17.2 Å². The van der Waals surface area contributed by atoms with Gasteiger partial charge in [0.25, 0.3) is 5.91 Å². The number of urea groups is 1. The Morgan fingerprint density at radius 1 is 1.11 bits per heavy atom. The molecular weight excluding hydrogens is 454 g/mol. The molecule has 0 spiro atoms. The first kappa shape index (κ1) is 25.5. The molecule has 2 atom stereocenters. The molecule has 192 valence electrons. The number of nitrogens with zero attached hydrogens (tertiary/aromatic N) is 3. The highest BCUT2D eigenvalue weighted by molar-refractivity contribution is 6.07. The van der Waals surface area contributed by atoms with E-state index in [9.17, 15) is 23.2 Å². The summed E-state index contributed by atoms with van der Waals surface area (Å²) >= 11 is 0. The van der Waals surface area contributed by atoms with Crippen LogP contribution in [0.5, 0.6) is 0 Å². The average Bonchev–Trinajstić information content (AvgIpc) is 3.35. The smallest absolute Gasteiger partial charge is 0.325 e. The average molecular weight is 491 g/mol. The summed E-state index contributed by atoms with van der Waals surface area (Å²) in [6.45, 7) is 4.24. The van der Waals surface area contributed by atoms with Crippen molar-refractivity contribution in [3.63, 3.8) is 0 Å². The van der Waals surface area contributed by atoms with Crippen LogP contribution in [0.25, 0.3) is 0 Å². The molecule has 4 amide bonds. The lowest BCUT2D eigenvalue weighted by molar-refractivity contribution is -0.136. The minimum absolute atomic E-state index is 0.0905. The molecule has 3 fully saturated rings. The zero-order chi connectivity index (χ0) is 25.2. The first-order chi connectivity index (χ1) is 16.8. The van der Waals surface area contributed by atoms with E-state index in [4.69, 9.17) is 0 Å². The Balaban J connectivity index is 1.39. The van der Waals surface area contributed by atoms with Crippen LogP contribution in [-0.2, 0) is 16.0 Å². The summed E-state index contributed by atoms with van der Waals surface area (Å²) in [5.74, 6) is -2.02. The predicted octanol–water partition coefficient (Wildman–Crippen LogP) is 3.32. The molecule has 0 radical (unpaired) electrons. The van der Waals surface area contributed by atoms with Gasteiger partial charge in [-0.1, -0.05) is 19.4 Å². The SMILES string of the molecule is CCCC1(C2CCN(C(=O)Cc3c(F)cccc3F)CC2)NC(=O)N(CCC2CCCN2C)C1=O. The molecule has 35 heavy (non-hydrogen) atoms. The lowest BCUT2D eigenvalue weighted by Crippen LogP contribution is -2.56. The Hall–Kier alpha value is -2.55. The van der Waals surface area contributed by atoms with Crippen LogP contribution >= 0.6 is 0 Å². The monoisotopic (exact) mass is 490 g/mol. The second-order valence-electron chi connectivity index (χ2n) is 10.2. The summed E-state index contributed by atoms with van der Waals surface area (Å²) in [7, 11) is 2.08. The number of carbonyl (C=O) groups excluding carboxylic acids is 3. The molecule has 4 rings (SSSR count). The lowest BCUT2D eigenvalue weighted by atomic mass is 9.74. The van der Waals surface area contributed by atoms with Crippen LogP contribution in [0.4, 0.5) is 13.6 Å². The van der Waals surface area contributed by atoms with Crippen molar-refractivity contribution in [2.75, 3.05) is 33.2 Å². The first-order valence-electron chi connectivity index (χ1n) is 12.8. The molecule has 1 N–H and O–H groups in total. The fourth-order valence-corrected chi connectivity index (χ4v) is 6.10. The van der Waals surface area contributed by atoms with E-state index >= 15 is 0 Å².